The molecule has 0 aliphatic heterocycles. The lowest BCUT2D eigenvalue weighted by molar-refractivity contribution is 0.101. The highest BCUT2D eigenvalue weighted by molar-refractivity contribution is 5.96. The van der Waals surface area contributed by atoms with Crippen molar-refractivity contribution in [3.8, 4) is 17.6 Å². The molecule has 20 heavy (non-hydrogen) atoms. The van der Waals surface area contributed by atoms with Gasteiger partial charge in [0.25, 0.3) is 0 Å². The van der Waals surface area contributed by atoms with Crippen LogP contribution in [0.5, 0.6) is 11.5 Å². The number of benzene rings is 2. The first-order valence-corrected chi connectivity index (χ1v) is 6.06. The van der Waals surface area contributed by atoms with E-state index in [-0.39, 0.29) is 17.1 Å². The summed E-state index contributed by atoms with van der Waals surface area (Å²) >= 11 is 0. The molecule has 0 aliphatic carbocycles. The van der Waals surface area contributed by atoms with Gasteiger partial charge in [-0.05, 0) is 36.8 Å². The quantitative estimate of drug-likeness (QED) is 0.864. The molecule has 0 bridgehead atoms. The minimum Gasteiger partial charge on any atom is -0.507 e. The predicted octanol–water partition coefficient (Wildman–Crippen LogP) is 3.05. The lowest BCUT2D eigenvalue weighted by atomic mass is 10.1. The minimum atomic E-state index is -0.193. The van der Waals surface area contributed by atoms with Crippen molar-refractivity contribution >= 4 is 5.78 Å². The second kappa shape index (κ2) is 5.89. The summed E-state index contributed by atoms with van der Waals surface area (Å²) < 4.78 is 5.53. The van der Waals surface area contributed by atoms with Gasteiger partial charge < -0.3 is 9.84 Å². The summed E-state index contributed by atoms with van der Waals surface area (Å²) in [4.78, 5) is 11.2. The summed E-state index contributed by atoms with van der Waals surface area (Å²) in [5, 5.41) is 18.4. The normalized spacial score (nSPS) is 9.80. The van der Waals surface area contributed by atoms with E-state index in [1.165, 1.54) is 19.1 Å². The van der Waals surface area contributed by atoms with Gasteiger partial charge in [0.2, 0.25) is 0 Å². The summed E-state index contributed by atoms with van der Waals surface area (Å²) in [6.07, 6.45) is 0. The molecule has 2 rings (SSSR count). The lowest BCUT2D eigenvalue weighted by Crippen LogP contribution is -1.97. The third-order valence-electron chi connectivity index (χ3n) is 2.84. The van der Waals surface area contributed by atoms with Crippen LogP contribution >= 0.6 is 0 Å². The molecule has 0 saturated carbocycles. The molecular formula is C16H13NO3. The van der Waals surface area contributed by atoms with E-state index >= 15 is 0 Å². The van der Waals surface area contributed by atoms with E-state index in [0.29, 0.717) is 17.9 Å². The standard InChI is InChI=1S/C16H13NO3/c1-11(18)15-7-6-14(8-16(15)19)20-10-13-4-2-12(9-17)3-5-13/h2-8,19H,10H2,1H3. The highest BCUT2D eigenvalue weighted by atomic mass is 16.5. The van der Waals surface area contributed by atoms with Crippen LogP contribution in [0.1, 0.15) is 28.4 Å². The Morgan fingerprint density at radius 2 is 1.95 bits per heavy atom. The molecule has 0 unspecified atom stereocenters. The number of hydrogen-bond acceptors (Lipinski definition) is 4. The van der Waals surface area contributed by atoms with Crippen LogP contribution in [0, 0.1) is 11.3 Å². The Labute approximate surface area is 116 Å². The van der Waals surface area contributed by atoms with Crippen molar-refractivity contribution in [1.29, 1.82) is 5.26 Å². The minimum absolute atomic E-state index is 0.0881. The molecule has 0 saturated heterocycles. The fraction of sp³-hybridized carbons (Fsp3) is 0.125. The second-order valence-electron chi connectivity index (χ2n) is 4.33. The molecule has 2 aromatic carbocycles. The first kappa shape index (κ1) is 13.6. The lowest BCUT2D eigenvalue weighted by Gasteiger charge is -2.08. The molecule has 0 aromatic heterocycles. The summed E-state index contributed by atoms with van der Waals surface area (Å²) in [5.74, 6) is 0.202. The number of hydrogen-bond donors (Lipinski definition) is 1. The van der Waals surface area contributed by atoms with Gasteiger partial charge >= 0.3 is 0 Å². The molecule has 0 heterocycles. The monoisotopic (exact) mass is 267 g/mol. The Morgan fingerprint density at radius 3 is 2.50 bits per heavy atom. The molecule has 0 radical (unpaired) electrons. The first-order chi connectivity index (χ1) is 9.60. The van der Waals surface area contributed by atoms with Crippen LogP contribution in [0.3, 0.4) is 0 Å². The highest BCUT2D eigenvalue weighted by Gasteiger charge is 2.07. The summed E-state index contributed by atoms with van der Waals surface area (Å²) in [5.41, 5.74) is 1.78. The van der Waals surface area contributed by atoms with Crippen molar-refractivity contribution in [2.24, 2.45) is 0 Å². The third-order valence-corrected chi connectivity index (χ3v) is 2.84. The number of ether oxygens (including phenoxy) is 1. The van der Waals surface area contributed by atoms with Crippen molar-refractivity contribution in [3.05, 3.63) is 59.2 Å². The molecule has 4 heteroatoms. The Hall–Kier alpha value is -2.80. The largest absolute Gasteiger partial charge is 0.507 e. The topological polar surface area (TPSA) is 70.3 Å². The Kier molecular flexibility index (Phi) is 4.02. The maximum Gasteiger partial charge on any atom is 0.163 e. The molecule has 2 aromatic rings. The van der Waals surface area contributed by atoms with E-state index < -0.39 is 0 Å². The van der Waals surface area contributed by atoms with E-state index in [9.17, 15) is 9.90 Å². The number of aromatic hydroxyl groups is 1. The fourth-order valence-corrected chi connectivity index (χ4v) is 1.74. The average Bonchev–Trinajstić information content (AvgIpc) is 2.45. The zero-order chi connectivity index (χ0) is 14.5. The van der Waals surface area contributed by atoms with Gasteiger partial charge in [0.05, 0.1) is 17.2 Å². The Bertz CT molecular complexity index is 669. The number of rotatable bonds is 4. The molecule has 0 atom stereocenters. The molecule has 100 valence electrons. The van der Waals surface area contributed by atoms with Crippen molar-refractivity contribution in [1.82, 2.24) is 0 Å². The number of phenolic OH excluding ortho intramolecular Hbond substituents is 1. The molecule has 0 aliphatic rings. The number of nitriles is 1. The van der Waals surface area contributed by atoms with Crippen molar-refractivity contribution in [2.75, 3.05) is 0 Å². The van der Waals surface area contributed by atoms with Gasteiger partial charge in [-0.3, -0.25) is 4.79 Å². The maximum atomic E-state index is 11.2. The van der Waals surface area contributed by atoms with Crippen LogP contribution in [0.15, 0.2) is 42.5 Å². The summed E-state index contributed by atoms with van der Waals surface area (Å²) in [6.45, 7) is 1.72. The summed E-state index contributed by atoms with van der Waals surface area (Å²) in [6, 6.07) is 13.7. The number of nitrogens with zero attached hydrogens (tertiary/aromatic N) is 1. The maximum absolute atomic E-state index is 11.2. The van der Waals surface area contributed by atoms with Gasteiger partial charge in [0.15, 0.2) is 5.78 Å². The SMILES string of the molecule is CC(=O)c1ccc(OCc2ccc(C#N)cc2)cc1O. The van der Waals surface area contributed by atoms with Crippen molar-refractivity contribution in [2.45, 2.75) is 13.5 Å². The molecule has 0 spiro atoms. The van der Waals surface area contributed by atoms with E-state index in [1.54, 1.807) is 18.2 Å². The van der Waals surface area contributed by atoms with Crippen LogP contribution in [-0.2, 0) is 6.61 Å². The van der Waals surface area contributed by atoms with Crippen LogP contribution in [-0.4, -0.2) is 10.9 Å². The average molecular weight is 267 g/mol. The molecule has 4 nitrogen and oxygen atoms in total. The number of carbonyl (C=O) groups is 1. The Balaban J connectivity index is 2.05. The van der Waals surface area contributed by atoms with Crippen LogP contribution < -0.4 is 4.74 Å². The third kappa shape index (κ3) is 3.15. The number of carbonyl (C=O) groups excluding carboxylic acids is 1. The molecule has 0 amide bonds. The molecule has 1 N–H and O–H groups in total. The van der Waals surface area contributed by atoms with E-state index in [0.717, 1.165) is 5.56 Å². The van der Waals surface area contributed by atoms with E-state index in [2.05, 4.69) is 0 Å². The van der Waals surface area contributed by atoms with Gasteiger partial charge in [-0.25, -0.2) is 0 Å². The van der Waals surface area contributed by atoms with E-state index in [1.807, 2.05) is 18.2 Å². The molecule has 0 fully saturated rings. The highest BCUT2D eigenvalue weighted by Crippen LogP contribution is 2.24. The van der Waals surface area contributed by atoms with E-state index in [4.69, 9.17) is 10.00 Å². The fourth-order valence-electron chi connectivity index (χ4n) is 1.74. The summed E-state index contributed by atoms with van der Waals surface area (Å²) in [7, 11) is 0. The Morgan fingerprint density at radius 1 is 1.25 bits per heavy atom. The van der Waals surface area contributed by atoms with Crippen molar-refractivity contribution in [3.63, 3.8) is 0 Å². The smallest absolute Gasteiger partial charge is 0.163 e. The number of phenols is 1. The number of ketones is 1. The van der Waals surface area contributed by atoms with Crippen LogP contribution in [0.25, 0.3) is 0 Å². The molecular weight excluding hydrogens is 254 g/mol. The second-order valence-corrected chi connectivity index (χ2v) is 4.33. The first-order valence-electron chi connectivity index (χ1n) is 6.06. The number of Topliss-reactive ketones (excluding diaryl/α,β-unsaturated/α-hetero) is 1. The van der Waals surface area contributed by atoms with Crippen LogP contribution in [0.2, 0.25) is 0 Å². The van der Waals surface area contributed by atoms with Gasteiger partial charge in [0.1, 0.15) is 18.1 Å². The zero-order valence-corrected chi connectivity index (χ0v) is 11.0. The predicted molar refractivity (Wildman–Crippen MR) is 73.6 cm³/mol. The van der Waals surface area contributed by atoms with Gasteiger partial charge in [0, 0.05) is 6.07 Å². The van der Waals surface area contributed by atoms with Crippen molar-refractivity contribution < 1.29 is 14.6 Å². The zero-order valence-electron chi connectivity index (χ0n) is 11.0. The van der Waals surface area contributed by atoms with Gasteiger partial charge in [-0.2, -0.15) is 5.26 Å². The van der Waals surface area contributed by atoms with Gasteiger partial charge in [-0.15, -0.1) is 0 Å². The van der Waals surface area contributed by atoms with Gasteiger partial charge in [-0.1, -0.05) is 12.1 Å². The van der Waals surface area contributed by atoms with Crippen LogP contribution in [0.4, 0.5) is 0 Å².